The highest BCUT2D eigenvalue weighted by Crippen LogP contribution is 2.46. The maximum Gasteiger partial charge on any atom is 0.118 e. The van der Waals surface area contributed by atoms with Gasteiger partial charge in [0.2, 0.25) is 0 Å². The molecule has 0 radical (unpaired) electrons. The largest absolute Gasteiger partial charge is 0.497 e. The highest BCUT2D eigenvalue weighted by atomic mass is 127. The van der Waals surface area contributed by atoms with E-state index in [9.17, 15) is 0 Å². The van der Waals surface area contributed by atoms with Gasteiger partial charge in [-0.2, -0.15) is 0 Å². The van der Waals surface area contributed by atoms with E-state index in [2.05, 4.69) is 78.6 Å². The third kappa shape index (κ3) is 4.15. The molecule has 3 heteroatoms. The van der Waals surface area contributed by atoms with Gasteiger partial charge in [0.15, 0.2) is 0 Å². The van der Waals surface area contributed by atoms with Crippen molar-refractivity contribution >= 4 is 28.2 Å². The maximum atomic E-state index is 6.31. The van der Waals surface area contributed by atoms with Crippen LogP contribution in [0.2, 0.25) is 0 Å². The van der Waals surface area contributed by atoms with Gasteiger partial charge in [-0.1, -0.05) is 54.6 Å². The Balaban J connectivity index is 1.75. The maximum absolute atomic E-state index is 6.31. The molecule has 1 aliphatic carbocycles. The van der Waals surface area contributed by atoms with E-state index in [0.29, 0.717) is 6.61 Å². The third-order valence-electron chi connectivity index (χ3n) is 4.59. The summed E-state index contributed by atoms with van der Waals surface area (Å²) >= 11 is 2.47. The molecule has 130 valence electrons. The molecule has 0 saturated carbocycles. The summed E-state index contributed by atoms with van der Waals surface area (Å²) in [5, 5.41) is 0. The molecule has 0 bridgehead atoms. The van der Waals surface area contributed by atoms with Crippen LogP contribution in [0.15, 0.2) is 70.3 Å². The predicted octanol–water partition coefficient (Wildman–Crippen LogP) is 6.02. The van der Waals surface area contributed by atoms with Gasteiger partial charge in [0, 0.05) is 12.3 Å². The van der Waals surface area contributed by atoms with E-state index in [1.807, 2.05) is 12.1 Å². The minimum absolute atomic E-state index is 0.140. The van der Waals surface area contributed by atoms with Crippen LogP contribution in [-0.4, -0.2) is 13.2 Å². The fourth-order valence-electron chi connectivity index (χ4n) is 3.36. The van der Waals surface area contributed by atoms with Crippen molar-refractivity contribution in [3.63, 3.8) is 0 Å². The lowest BCUT2D eigenvalue weighted by Crippen LogP contribution is -2.21. The van der Waals surface area contributed by atoms with E-state index in [1.54, 1.807) is 7.11 Å². The van der Waals surface area contributed by atoms with E-state index in [0.717, 1.165) is 23.3 Å². The highest BCUT2D eigenvalue weighted by Gasteiger charge is 2.35. The van der Waals surface area contributed by atoms with Crippen LogP contribution in [0, 0.1) is 5.92 Å². The second-order valence-electron chi connectivity index (χ2n) is 6.41. The zero-order chi connectivity index (χ0) is 17.8. The first-order valence-electron chi connectivity index (χ1n) is 8.44. The van der Waals surface area contributed by atoms with Gasteiger partial charge in [-0.25, -0.2) is 0 Å². The molecule has 0 aromatic heterocycles. The van der Waals surface area contributed by atoms with Crippen molar-refractivity contribution in [1.29, 1.82) is 0 Å². The first-order valence-corrected chi connectivity index (χ1v) is 9.52. The Kier molecular flexibility index (Phi) is 5.97. The molecule has 0 unspecified atom stereocenters. The molecule has 0 heterocycles. The van der Waals surface area contributed by atoms with Gasteiger partial charge in [0.25, 0.3) is 0 Å². The average Bonchev–Trinajstić information content (AvgIpc) is 2.97. The molecule has 2 aromatic carbocycles. The van der Waals surface area contributed by atoms with Crippen molar-refractivity contribution in [3.05, 3.63) is 81.5 Å². The lowest BCUT2D eigenvalue weighted by atomic mass is 9.88. The molecular weight excluding hydrogens is 423 g/mol. The molecule has 0 fully saturated rings. The van der Waals surface area contributed by atoms with Crippen molar-refractivity contribution in [2.45, 2.75) is 26.1 Å². The summed E-state index contributed by atoms with van der Waals surface area (Å²) < 4.78 is 12.9. The van der Waals surface area contributed by atoms with Crippen LogP contribution in [0.3, 0.4) is 0 Å². The average molecular weight is 446 g/mol. The zero-order valence-electron chi connectivity index (χ0n) is 14.7. The van der Waals surface area contributed by atoms with Gasteiger partial charge in [-0.15, -0.1) is 0 Å². The predicted molar refractivity (Wildman–Crippen MR) is 112 cm³/mol. The van der Waals surface area contributed by atoms with Gasteiger partial charge >= 0.3 is 0 Å². The number of hydrogen-bond donors (Lipinski definition) is 0. The molecular formula is C22H23IO2. The molecule has 3 rings (SSSR count). The minimum atomic E-state index is 0.140. The summed E-state index contributed by atoms with van der Waals surface area (Å²) in [6.07, 6.45) is 1.08. The SMILES string of the molecule is C=C(C)[C@@H]1C(c2ccccc2)=C(I)C[C@H]1OCc1ccc(OC)cc1. The number of ether oxygens (including phenoxy) is 2. The summed E-state index contributed by atoms with van der Waals surface area (Å²) in [6.45, 7) is 6.95. The Morgan fingerprint density at radius 2 is 1.80 bits per heavy atom. The minimum Gasteiger partial charge on any atom is -0.497 e. The number of rotatable bonds is 6. The molecule has 2 nitrogen and oxygen atoms in total. The zero-order valence-corrected chi connectivity index (χ0v) is 16.8. The molecule has 0 N–H and O–H groups in total. The van der Waals surface area contributed by atoms with E-state index in [-0.39, 0.29) is 12.0 Å². The molecule has 2 aromatic rings. The van der Waals surface area contributed by atoms with Crippen LogP contribution in [0.1, 0.15) is 24.5 Å². The summed E-state index contributed by atoms with van der Waals surface area (Å²) in [5.74, 6) is 1.11. The summed E-state index contributed by atoms with van der Waals surface area (Å²) in [5.41, 5.74) is 4.96. The Bertz CT molecular complexity index is 762. The van der Waals surface area contributed by atoms with Gasteiger partial charge in [0.1, 0.15) is 5.75 Å². The van der Waals surface area contributed by atoms with Crippen molar-refractivity contribution in [1.82, 2.24) is 0 Å². The first kappa shape index (κ1) is 18.2. The molecule has 2 atom stereocenters. The van der Waals surface area contributed by atoms with Crippen molar-refractivity contribution < 1.29 is 9.47 Å². The number of halogens is 1. The Hall–Kier alpha value is -1.59. The third-order valence-corrected chi connectivity index (χ3v) is 5.62. The normalized spacial score (nSPS) is 20.0. The van der Waals surface area contributed by atoms with Gasteiger partial charge in [-0.3, -0.25) is 0 Å². The van der Waals surface area contributed by atoms with Crippen LogP contribution in [-0.2, 0) is 11.3 Å². The topological polar surface area (TPSA) is 18.5 Å². The quantitative estimate of drug-likeness (QED) is 0.399. The molecule has 0 saturated heterocycles. The number of benzene rings is 2. The van der Waals surface area contributed by atoms with Gasteiger partial charge < -0.3 is 9.47 Å². The Labute approximate surface area is 163 Å². The van der Waals surface area contributed by atoms with Crippen LogP contribution >= 0.6 is 22.6 Å². The van der Waals surface area contributed by atoms with E-state index in [1.165, 1.54) is 14.7 Å². The summed E-state index contributed by atoms with van der Waals surface area (Å²) in [7, 11) is 1.68. The van der Waals surface area contributed by atoms with Crippen molar-refractivity contribution in [2.75, 3.05) is 7.11 Å². The van der Waals surface area contributed by atoms with Crippen LogP contribution in [0.4, 0.5) is 0 Å². The van der Waals surface area contributed by atoms with Gasteiger partial charge in [0.05, 0.1) is 19.8 Å². The van der Waals surface area contributed by atoms with E-state index >= 15 is 0 Å². The van der Waals surface area contributed by atoms with E-state index < -0.39 is 0 Å². The summed E-state index contributed by atoms with van der Waals surface area (Å²) in [4.78, 5) is 0. The second-order valence-corrected chi connectivity index (χ2v) is 7.71. The fourth-order valence-corrected chi connectivity index (χ4v) is 4.44. The van der Waals surface area contributed by atoms with E-state index in [4.69, 9.17) is 9.47 Å². The molecule has 0 aliphatic heterocycles. The molecule has 25 heavy (non-hydrogen) atoms. The number of hydrogen-bond acceptors (Lipinski definition) is 2. The molecule has 1 aliphatic rings. The lowest BCUT2D eigenvalue weighted by molar-refractivity contribution is 0.0315. The first-order chi connectivity index (χ1) is 12.1. The monoisotopic (exact) mass is 446 g/mol. The summed E-state index contributed by atoms with van der Waals surface area (Å²) in [6, 6.07) is 18.6. The van der Waals surface area contributed by atoms with Crippen LogP contribution < -0.4 is 4.74 Å². The van der Waals surface area contributed by atoms with Crippen molar-refractivity contribution in [3.8, 4) is 5.75 Å². The lowest BCUT2D eigenvalue weighted by Gasteiger charge is -2.24. The Morgan fingerprint density at radius 1 is 1.12 bits per heavy atom. The fraction of sp³-hybridized carbons (Fsp3) is 0.273. The number of methoxy groups -OCH3 is 1. The van der Waals surface area contributed by atoms with Crippen molar-refractivity contribution in [2.24, 2.45) is 5.92 Å². The second kappa shape index (κ2) is 8.19. The standard InChI is InChI=1S/C22H23IO2/c1-15(2)21-20(25-14-16-9-11-18(24-3)12-10-16)13-19(23)22(21)17-7-5-4-6-8-17/h4-12,20-21H,1,13-14H2,2-3H3/t20-,21+/m1/s1. The van der Waals surface area contributed by atoms with Crippen LogP contribution in [0.5, 0.6) is 5.75 Å². The molecule has 0 amide bonds. The Morgan fingerprint density at radius 3 is 2.40 bits per heavy atom. The highest BCUT2D eigenvalue weighted by molar-refractivity contribution is 14.1. The molecule has 0 spiro atoms. The van der Waals surface area contributed by atoms with Gasteiger partial charge in [-0.05, 0) is 61.9 Å². The van der Waals surface area contributed by atoms with Crippen LogP contribution in [0.25, 0.3) is 5.57 Å². The smallest absolute Gasteiger partial charge is 0.118 e.